The lowest BCUT2D eigenvalue weighted by Gasteiger charge is -2.16. The SMILES string of the molecule is CC(C)(C)B(P)Cl. The highest BCUT2D eigenvalue weighted by atomic mass is 35.5. The molecule has 0 amide bonds. The molecule has 0 rings (SSSR count). The maximum Gasteiger partial charge on any atom is 0.277 e. The van der Waals surface area contributed by atoms with E-state index >= 15 is 0 Å². The number of rotatable bonds is 0. The van der Waals surface area contributed by atoms with Crippen LogP contribution in [0, 0.1) is 0 Å². The summed E-state index contributed by atoms with van der Waals surface area (Å²) in [5.74, 6) is 0.188. The molecule has 0 radical (unpaired) electrons. The molecule has 0 N–H and O–H groups in total. The van der Waals surface area contributed by atoms with Gasteiger partial charge in [-0.25, -0.2) is 0 Å². The van der Waals surface area contributed by atoms with Crippen LogP contribution in [0.1, 0.15) is 20.8 Å². The van der Waals surface area contributed by atoms with E-state index in [1.54, 1.807) is 0 Å². The molecule has 0 aliphatic carbocycles. The second-order valence-electron chi connectivity index (χ2n) is 2.77. The molecule has 42 valence electrons. The highest BCUT2D eigenvalue weighted by Gasteiger charge is 2.21. The van der Waals surface area contributed by atoms with Gasteiger partial charge in [0, 0.05) is 0 Å². The van der Waals surface area contributed by atoms with Crippen LogP contribution in [-0.4, -0.2) is 5.85 Å². The van der Waals surface area contributed by atoms with Gasteiger partial charge >= 0.3 is 0 Å². The lowest BCUT2D eigenvalue weighted by atomic mass is 9.72. The Morgan fingerprint density at radius 3 is 1.57 bits per heavy atom. The zero-order chi connectivity index (χ0) is 6.08. The third-order valence-corrected chi connectivity index (χ3v) is 2.48. The average Bonchev–Trinajstić information content (AvgIpc) is 1.31. The van der Waals surface area contributed by atoms with Crippen LogP contribution < -0.4 is 0 Å². The van der Waals surface area contributed by atoms with E-state index in [2.05, 4.69) is 29.9 Å². The molecule has 0 bridgehead atoms. The third-order valence-electron chi connectivity index (χ3n) is 0.827. The van der Waals surface area contributed by atoms with Gasteiger partial charge in [-0.05, 0) is 5.31 Å². The summed E-state index contributed by atoms with van der Waals surface area (Å²) in [5, 5.41) is 0.228. The molecule has 0 heterocycles. The van der Waals surface area contributed by atoms with Crippen LogP contribution in [0.2, 0.25) is 5.31 Å². The Hall–Kier alpha value is 0.785. The minimum atomic E-state index is 0.188. The summed E-state index contributed by atoms with van der Waals surface area (Å²) in [6.07, 6.45) is 0. The smallest absolute Gasteiger partial charge is 0.189 e. The highest BCUT2D eigenvalue weighted by molar-refractivity contribution is 7.74. The summed E-state index contributed by atoms with van der Waals surface area (Å²) < 4.78 is 0. The van der Waals surface area contributed by atoms with Gasteiger partial charge in [-0.15, -0.1) is 0 Å². The molecule has 0 aromatic rings. The third kappa shape index (κ3) is 3.37. The minimum absolute atomic E-state index is 0.188. The fourth-order valence-electron chi connectivity index (χ4n) is 0. The summed E-state index contributed by atoms with van der Waals surface area (Å²) in [7, 11) is 2.57. The summed E-state index contributed by atoms with van der Waals surface area (Å²) in [4.78, 5) is 0. The van der Waals surface area contributed by atoms with Crippen LogP contribution in [0.15, 0.2) is 0 Å². The fourth-order valence-corrected chi connectivity index (χ4v) is 0. The Balaban J connectivity index is 3.54. The average molecular weight is 136 g/mol. The molecule has 0 spiro atoms. The zero-order valence-corrected chi connectivity index (χ0v) is 6.94. The normalized spacial score (nSPS) is 11.6. The molecule has 0 saturated carbocycles. The molecule has 0 aromatic heterocycles. The molecule has 3 heteroatoms. The fraction of sp³-hybridized carbons (Fsp3) is 1.00. The van der Waals surface area contributed by atoms with Gasteiger partial charge in [0.25, 0.3) is 5.85 Å². The predicted octanol–water partition coefficient (Wildman–Crippen LogP) is 2.39. The largest absolute Gasteiger partial charge is 0.277 e. The van der Waals surface area contributed by atoms with Crippen molar-refractivity contribution in [3.63, 3.8) is 0 Å². The van der Waals surface area contributed by atoms with Crippen LogP contribution in [0.4, 0.5) is 0 Å². The Morgan fingerprint density at radius 1 is 1.43 bits per heavy atom. The van der Waals surface area contributed by atoms with Gasteiger partial charge in [-0.3, -0.25) is 0 Å². The molecule has 0 aliphatic heterocycles. The topological polar surface area (TPSA) is 0 Å². The Labute approximate surface area is 53.2 Å². The van der Waals surface area contributed by atoms with Gasteiger partial charge in [0.2, 0.25) is 0 Å². The van der Waals surface area contributed by atoms with Crippen molar-refractivity contribution in [1.29, 1.82) is 0 Å². The Kier molecular flexibility index (Phi) is 2.64. The molecule has 1 atom stereocenters. The van der Waals surface area contributed by atoms with Gasteiger partial charge in [-0.2, -0.15) is 20.6 Å². The van der Waals surface area contributed by atoms with Gasteiger partial charge in [0.05, 0.1) is 0 Å². The predicted molar refractivity (Wildman–Crippen MR) is 41.0 cm³/mol. The summed E-state index contributed by atoms with van der Waals surface area (Å²) in [6, 6.07) is 0. The first-order chi connectivity index (χ1) is 2.94. The molecule has 1 unspecified atom stereocenters. The second-order valence-corrected chi connectivity index (χ2v) is 4.33. The van der Waals surface area contributed by atoms with E-state index in [1.807, 2.05) is 0 Å². The van der Waals surface area contributed by atoms with E-state index in [-0.39, 0.29) is 11.2 Å². The minimum Gasteiger partial charge on any atom is -0.189 e. The second kappa shape index (κ2) is 2.37. The number of hydrogen-bond acceptors (Lipinski definition) is 0. The van der Waals surface area contributed by atoms with Crippen LogP contribution in [0.3, 0.4) is 0 Å². The van der Waals surface area contributed by atoms with Gasteiger partial charge in [0.1, 0.15) is 0 Å². The lowest BCUT2D eigenvalue weighted by molar-refractivity contribution is 0.759. The van der Waals surface area contributed by atoms with Crippen molar-refractivity contribution in [1.82, 2.24) is 0 Å². The lowest BCUT2D eigenvalue weighted by Crippen LogP contribution is -2.10. The van der Waals surface area contributed by atoms with E-state index in [9.17, 15) is 0 Å². The first kappa shape index (κ1) is 7.78. The van der Waals surface area contributed by atoms with Crippen LogP contribution >= 0.6 is 20.6 Å². The van der Waals surface area contributed by atoms with E-state index in [0.717, 1.165) is 0 Å². The van der Waals surface area contributed by atoms with Crippen molar-refractivity contribution in [3.8, 4) is 0 Å². The molecule has 0 saturated heterocycles. The van der Waals surface area contributed by atoms with Crippen LogP contribution in [0.5, 0.6) is 0 Å². The van der Waals surface area contributed by atoms with Crippen molar-refractivity contribution in [2.75, 3.05) is 0 Å². The Morgan fingerprint density at radius 2 is 1.57 bits per heavy atom. The summed E-state index contributed by atoms with van der Waals surface area (Å²) in [5.41, 5.74) is 0. The quantitative estimate of drug-likeness (QED) is 0.354. The summed E-state index contributed by atoms with van der Waals surface area (Å²) >= 11 is 5.72. The molecule has 0 aromatic carbocycles. The molecule has 7 heavy (non-hydrogen) atoms. The van der Waals surface area contributed by atoms with E-state index < -0.39 is 0 Å². The molecule has 0 nitrogen and oxygen atoms in total. The molecule has 0 aliphatic rings. The van der Waals surface area contributed by atoms with Crippen molar-refractivity contribution >= 4 is 26.4 Å². The number of hydrogen-bond donors (Lipinski definition) is 0. The standard InChI is InChI=1S/C4H11BClP/c1-4(2,3)5(6)7/h7H2,1-3H3. The molecular formula is C4H11BClP. The summed E-state index contributed by atoms with van der Waals surface area (Å²) in [6.45, 7) is 6.33. The Bertz CT molecular complexity index is 57.2. The van der Waals surface area contributed by atoms with Gasteiger partial charge in [0.15, 0.2) is 0 Å². The zero-order valence-electron chi connectivity index (χ0n) is 5.03. The van der Waals surface area contributed by atoms with Crippen LogP contribution in [0.25, 0.3) is 0 Å². The first-order valence-corrected chi connectivity index (χ1v) is 3.44. The van der Waals surface area contributed by atoms with Crippen molar-refractivity contribution in [2.24, 2.45) is 0 Å². The monoisotopic (exact) mass is 136 g/mol. The first-order valence-electron chi connectivity index (χ1n) is 2.34. The van der Waals surface area contributed by atoms with E-state index in [4.69, 9.17) is 11.5 Å². The molecular weight excluding hydrogens is 125 g/mol. The van der Waals surface area contributed by atoms with Crippen molar-refractivity contribution in [2.45, 2.75) is 26.1 Å². The number of halogens is 1. The van der Waals surface area contributed by atoms with Gasteiger partial charge in [-0.1, -0.05) is 20.8 Å². The van der Waals surface area contributed by atoms with Gasteiger partial charge < -0.3 is 0 Å². The maximum absolute atomic E-state index is 5.72. The van der Waals surface area contributed by atoms with Crippen molar-refractivity contribution in [3.05, 3.63) is 0 Å². The van der Waals surface area contributed by atoms with Crippen molar-refractivity contribution < 1.29 is 0 Å². The van der Waals surface area contributed by atoms with E-state index in [0.29, 0.717) is 0 Å². The highest BCUT2D eigenvalue weighted by Crippen LogP contribution is 2.32. The van der Waals surface area contributed by atoms with E-state index in [1.165, 1.54) is 0 Å². The molecule has 0 fully saturated rings. The van der Waals surface area contributed by atoms with Crippen LogP contribution in [-0.2, 0) is 0 Å². The maximum atomic E-state index is 5.72.